The van der Waals surface area contributed by atoms with Gasteiger partial charge in [-0.1, -0.05) is 53.7 Å². The number of anilines is 1. The number of rotatable bonds is 3. The third kappa shape index (κ3) is 5.60. The van der Waals surface area contributed by atoms with Crippen LogP contribution in [0.15, 0.2) is 42.0 Å². The highest BCUT2D eigenvalue weighted by molar-refractivity contribution is 14.1. The van der Waals surface area contributed by atoms with Crippen LogP contribution in [0.2, 0.25) is 0 Å². The van der Waals surface area contributed by atoms with Crippen LogP contribution in [0, 0.1) is 14.9 Å². The minimum atomic E-state index is -0.459. The Morgan fingerprint density at radius 3 is 2.03 bits per heavy atom. The van der Waals surface area contributed by atoms with Crippen molar-refractivity contribution in [1.29, 1.82) is 5.26 Å². The lowest BCUT2D eigenvalue weighted by Crippen LogP contribution is -2.18. The number of nitrogens with one attached hydrogen (secondary N) is 1. The molecule has 0 atom stereocenters. The number of phenolic OH excluding ortho intramolecular Hbond substituents is 1. The average molecular weight is 502 g/mol. The van der Waals surface area contributed by atoms with Gasteiger partial charge in [0, 0.05) is 14.7 Å². The van der Waals surface area contributed by atoms with Crippen molar-refractivity contribution in [3.05, 3.63) is 62.2 Å². The normalized spacial score (nSPS) is 12.4. The monoisotopic (exact) mass is 502 g/mol. The topological polar surface area (TPSA) is 73.1 Å². The van der Waals surface area contributed by atoms with Gasteiger partial charge >= 0.3 is 0 Å². The number of carbonyl (C=O) groups excluding carboxylic acids is 1. The van der Waals surface area contributed by atoms with Crippen LogP contribution in [0.4, 0.5) is 5.69 Å². The van der Waals surface area contributed by atoms with E-state index < -0.39 is 5.91 Å². The van der Waals surface area contributed by atoms with Crippen molar-refractivity contribution in [3.63, 3.8) is 0 Å². The van der Waals surface area contributed by atoms with Gasteiger partial charge in [-0.2, -0.15) is 5.26 Å². The van der Waals surface area contributed by atoms with E-state index in [1.807, 2.05) is 77.9 Å². The molecule has 0 aliphatic rings. The number of nitriles is 1. The fraction of sp³-hybridized carbons (Fsp3) is 0.333. The molecule has 0 heterocycles. The smallest absolute Gasteiger partial charge is 0.266 e. The van der Waals surface area contributed by atoms with Crippen molar-refractivity contribution >= 4 is 40.3 Å². The van der Waals surface area contributed by atoms with Crippen molar-refractivity contribution < 1.29 is 9.90 Å². The highest BCUT2D eigenvalue weighted by atomic mass is 127. The van der Waals surface area contributed by atoms with E-state index in [0.29, 0.717) is 11.3 Å². The van der Waals surface area contributed by atoms with E-state index in [2.05, 4.69) is 27.9 Å². The number of aromatic hydroxyl groups is 1. The zero-order chi connectivity index (χ0) is 22.0. The van der Waals surface area contributed by atoms with Crippen molar-refractivity contribution in [1.82, 2.24) is 0 Å². The minimum absolute atomic E-state index is 0.00932. The molecule has 0 radical (unpaired) electrons. The van der Waals surface area contributed by atoms with Crippen LogP contribution in [0.3, 0.4) is 0 Å². The number of hydrogen-bond donors (Lipinski definition) is 2. The Labute approximate surface area is 186 Å². The molecule has 2 rings (SSSR count). The molecule has 2 aromatic rings. The van der Waals surface area contributed by atoms with Gasteiger partial charge in [-0.25, -0.2) is 0 Å². The summed E-state index contributed by atoms with van der Waals surface area (Å²) < 4.78 is 0.894. The molecule has 0 unspecified atom stereocenters. The van der Waals surface area contributed by atoms with Crippen LogP contribution < -0.4 is 5.32 Å². The van der Waals surface area contributed by atoms with Crippen LogP contribution in [-0.2, 0) is 15.6 Å². The largest absolute Gasteiger partial charge is 0.507 e. The number of para-hydroxylation sites is 1. The highest BCUT2D eigenvalue weighted by Crippen LogP contribution is 2.40. The lowest BCUT2D eigenvalue weighted by molar-refractivity contribution is -0.112. The Bertz CT molecular complexity index is 968. The zero-order valence-corrected chi connectivity index (χ0v) is 19.9. The first-order chi connectivity index (χ1) is 13.3. The zero-order valence-electron chi connectivity index (χ0n) is 17.7. The second-order valence-electron chi connectivity index (χ2n) is 9.07. The third-order valence-electron chi connectivity index (χ3n) is 4.55. The minimum Gasteiger partial charge on any atom is -0.507 e. The predicted octanol–water partition coefficient (Wildman–Crippen LogP) is 6.14. The maximum Gasteiger partial charge on any atom is 0.266 e. The van der Waals surface area contributed by atoms with Crippen LogP contribution in [0.25, 0.3) is 6.08 Å². The maximum absolute atomic E-state index is 12.7. The molecule has 0 aliphatic heterocycles. The molecule has 0 bridgehead atoms. The molecule has 0 aromatic heterocycles. The summed E-state index contributed by atoms with van der Waals surface area (Å²) in [6.45, 7) is 12.2. The molecule has 0 saturated carbocycles. The average Bonchev–Trinajstić information content (AvgIpc) is 2.60. The molecule has 1 amide bonds. The number of hydrogen-bond acceptors (Lipinski definition) is 3. The van der Waals surface area contributed by atoms with Crippen molar-refractivity contribution in [2.75, 3.05) is 5.32 Å². The summed E-state index contributed by atoms with van der Waals surface area (Å²) in [7, 11) is 0. The van der Waals surface area contributed by atoms with E-state index in [-0.39, 0.29) is 22.2 Å². The first-order valence-electron chi connectivity index (χ1n) is 9.40. The fourth-order valence-corrected chi connectivity index (χ4v) is 3.47. The van der Waals surface area contributed by atoms with Crippen LogP contribution in [0.1, 0.15) is 58.2 Å². The number of carbonyl (C=O) groups is 1. The van der Waals surface area contributed by atoms with Gasteiger partial charge in [0.2, 0.25) is 0 Å². The Balaban J connectivity index is 2.54. The van der Waals surface area contributed by atoms with E-state index in [1.54, 1.807) is 12.1 Å². The number of nitrogens with zero attached hydrogens (tertiary/aromatic N) is 1. The quantitative estimate of drug-likeness (QED) is 0.301. The van der Waals surface area contributed by atoms with Crippen LogP contribution in [-0.4, -0.2) is 11.0 Å². The number of amides is 1. The molecule has 0 spiro atoms. The summed E-state index contributed by atoms with van der Waals surface area (Å²) in [5.41, 5.74) is 2.38. The SMILES string of the molecule is CC(C)(C)c1cc(C=C(C#N)C(=O)Nc2ccccc2I)cc(C(C)(C)C)c1O. The van der Waals surface area contributed by atoms with Gasteiger partial charge in [-0.3, -0.25) is 4.79 Å². The fourth-order valence-electron chi connectivity index (χ4n) is 2.95. The summed E-state index contributed by atoms with van der Waals surface area (Å²) in [6.07, 6.45) is 1.58. The molecule has 0 aliphatic carbocycles. The van der Waals surface area contributed by atoms with E-state index in [1.165, 1.54) is 0 Å². The lowest BCUT2D eigenvalue weighted by atomic mass is 9.78. The first-order valence-corrected chi connectivity index (χ1v) is 10.5. The first kappa shape index (κ1) is 23.0. The summed E-state index contributed by atoms with van der Waals surface area (Å²) in [5, 5.41) is 23.2. The Morgan fingerprint density at radius 2 is 1.59 bits per heavy atom. The van der Waals surface area contributed by atoms with Gasteiger partial charge in [0.15, 0.2) is 0 Å². The summed E-state index contributed by atoms with van der Waals surface area (Å²) in [4.78, 5) is 12.7. The Morgan fingerprint density at radius 1 is 1.07 bits per heavy atom. The molecular formula is C24H27IN2O2. The van der Waals surface area contributed by atoms with E-state index >= 15 is 0 Å². The van der Waals surface area contributed by atoms with E-state index in [0.717, 1.165) is 14.7 Å². The van der Waals surface area contributed by atoms with Crippen LogP contribution >= 0.6 is 22.6 Å². The molecule has 29 heavy (non-hydrogen) atoms. The van der Waals surface area contributed by atoms with Gasteiger partial charge in [-0.15, -0.1) is 0 Å². The molecule has 4 nitrogen and oxygen atoms in total. The van der Waals surface area contributed by atoms with Crippen LogP contribution in [0.5, 0.6) is 5.75 Å². The Kier molecular flexibility index (Phi) is 6.79. The van der Waals surface area contributed by atoms with E-state index in [4.69, 9.17) is 0 Å². The molecule has 0 saturated heterocycles. The molecule has 2 aromatic carbocycles. The van der Waals surface area contributed by atoms with Gasteiger partial charge in [0.25, 0.3) is 5.91 Å². The van der Waals surface area contributed by atoms with Crippen molar-refractivity contribution in [3.8, 4) is 11.8 Å². The van der Waals surface area contributed by atoms with E-state index in [9.17, 15) is 15.2 Å². The summed E-state index contributed by atoms with van der Waals surface area (Å²) in [6, 6.07) is 13.1. The summed E-state index contributed by atoms with van der Waals surface area (Å²) in [5.74, 6) is -0.191. The standard InChI is InChI=1S/C24H27IN2O2/c1-23(2,3)17-12-15(13-18(21(17)28)24(4,5)6)11-16(14-26)22(29)27-20-10-8-7-9-19(20)25/h7-13,28H,1-6H3,(H,27,29). The second kappa shape index (κ2) is 8.58. The highest BCUT2D eigenvalue weighted by Gasteiger charge is 2.26. The molecular weight excluding hydrogens is 475 g/mol. The third-order valence-corrected chi connectivity index (χ3v) is 5.49. The molecule has 0 fully saturated rings. The van der Waals surface area contributed by atoms with Crippen molar-refractivity contribution in [2.45, 2.75) is 52.4 Å². The van der Waals surface area contributed by atoms with Gasteiger partial charge < -0.3 is 10.4 Å². The summed E-state index contributed by atoms with van der Waals surface area (Å²) >= 11 is 2.14. The van der Waals surface area contributed by atoms with Crippen molar-refractivity contribution in [2.24, 2.45) is 0 Å². The number of halogens is 1. The molecule has 5 heteroatoms. The predicted molar refractivity (Wildman–Crippen MR) is 127 cm³/mol. The lowest BCUT2D eigenvalue weighted by Gasteiger charge is -2.28. The van der Waals surface area contributed by atoms with Gasteiger partial charge in [0.1, 0.15) is 17.4 Å². The molecule has 2 N–H and O–H groups in total. The van der Waals surface area contributed by atoms with Gasteiger partial charge in [0.05, 0.1) is 5.69 Å². The second-order valence-corrected chi connectivity index (χ2v) is 10.2. The maximum atomic E-state index is 12.7. The number of phenols is 1. The Hall–Kier alpha value is -2.33. The molecule has 152 valence electrons. The number of benzene rings is 2. The van der Waals surface area contributed by atoms with Gasteiger partial charge in [-0.05, 0) is 69.3 Å².